The molecule has 0 aliphatic carbocycles. The van der Waals surface area contributed by atoms with E-state index in [9.17, 15) is 5.11 Å². The van der Waals surface area contributed by atoms with E-state index < -0.39 is 18.0 Å². The molecule has 1 aromatic carbocycles. The summed E-state index contributed by atoms with van der Waals surface area (Å²) < 4.78 is 2.20. The molecule has 5 N–H and O–H groups in total. The number of benzene rings is 1. The summed E-state index contributed by atoms with van der Waals surface area (Å²) in [6, 6.07) is 6.46. The Bertz CT molecular complexity index is 772. The Labute approximate surface area is 158 Å². The van der Waals surface area contributed by atoms with Crippen LogP contribution in [-0.4, -0.2) is 62.7 Å². The molecule has 0 saturated carbocycles. The van der Waals surface area contributed by atoms with Gasteiger partial charge in [-0.3, -0.25) is 0 Å². The molecule has 0 aliphatic heterocycles. The van der Waals surface area contributed by atoms with Gasteiger partial charge < -0.3 is 30.3 Å². The van der Waals surface area contributed by atoms with Crippen LogP contribution < -0.4 is 5.32 Å². The molecule has 0 saturated heterocycles. The quantitative estimate of drug-likeness (QED) is 0.358. The van der Waals surface area contributed by atoms with E-state index in [2.05, 4.69) is 48.9 Å². The molecule has 1 unspecified atom stereocenters. The number of hydrogen-bond donors (Lipinski definition) is 5. The number of aliphatic hydroxyl groups is 2. The van der Waals surface area contributed by atoms with Crippen molar-refractivity contribution in [1.29, 1.82) is 0 Å². The lowest BCUT2D eigenvalue weighted by atomic mass is 10.1. The zero-order chi connectivity index (χ0) is 20.6. The highest BCUT2D eigenvalue weighted by Crippen LogP contribution is 2.26. The Hall–Kier alpha value is -2.42. The molecule has 0 bridgehead atoms. The summed E-state index contributed by atoms with van der Waals surface area (Å²) in [5.74, 6) is -3.65. The van der Waals surface area contributed by atoms with Gasteiger partial charge in [0, 0.05) is 29.7 Å². The number of carboxylic acids is 2. The van der Waals surface area contributed by atoms with Crippen LogP contribution >= 0.6 is 0 Å². The molecule has 0 fully saturated rings. The Balaban J connectivity index is 0.000000527. The molecule has 2 aromatic rings. The minimum absolute atomic E-state index is 0.184. The Morgan fingerprint density at radius 2 is 1.78 bits per heavy atom. The van der Waals surface area contributed by atoms with Gasteiger partial charge in [0.15, 0.2) is 0 Å². The summed E-state index contributed by atoms with van der Waals surface area (Å²) in [5.41, 5.74) is 4.94. The van der Waals surface area contributed by atoms with Gasteiger partial charge in [-0.25, -0.2) is 9.59 Å². The van der Waals surface area contributed by atoms with Gasteiger partial charge in [0.2, 0.25) is 0 Å². The van der Waals surface area contributed by atoms with Crippen LogP contribution in [0.15, 0.2) is 18.2 Å². The Kier molecular flexibility index (Phi) is 8.93. The number of aliphatic carboxylic acids is 2. The van der Waals surface area contributed by atoms with E-state index in [1.807, 2.05) is 0 Å². The number of aryl methyl sites for hydroxylation is 2. The number of nitrogens with one attached hydrogen (secondary N) is 1. The molecule has 8 heteroatoms. The van der Waals surface area contributed by atoms with Crippen molar-refractivity contribution >= 4 is 22.8 Å². The van der Waals surface area contributed by atoms with E-state index in [1.165, 1.54) is 27.7 Å². The first-order valence-electron chi connectivity index (χ1n) is 8.70. The molecule has 150 valence electrons. The van der Waals surface area contributed by atoms with Gasteiger partial charge in [-0.15, -0.1) is 0 Å². The summed E-state index contributed by atoms with van der Waals surface area (Å²) in [7, 11) is 0. The van der Waals surface area contributed by atoms with Crippen molar-refractivity contribution < 1.29 is 30.0 Å². The van der Waals surface area contributed by atoms with Crippen molar-refractivity contribution in [2.24, 2.45) is 0 Å². The molecule has 8 nitrogen and oxygen atoms in total. The number of hydrogen-bond acceptors (Lipinski definition) is 5. The molecular weight excluding hydrogens is 352 g/mol. The second kappa shape index (κ2) is 10.7. The van der Waals surface area contributed by atoms with Crippen molar-refractivity contribution in [3.63, 3.8) is 0 Å². The largest absolute Gasteiger partial charge is 0.473 e. The number of fused-ring (bicyclic) bond motifs is 1. The molecule has 1 aromatic heterocycles. The minimum Gasteiger partial charge on any atom is -0.473 e. The fourth-order valence-corrected chi connectivity index (χ4v) is 2.75. The van der Waals surface area contributed by atoms with E-state index in [1.54, 1.807) is 0 Å². The molecule has 1 atom stereocenters. The third kappa shape index (κ3) is 6.67. The van der Waals surface area contributed by atoms with Crippen molar-refractivity contribution in [2.45, 2.75) is 39.8 Å². The first-order chi connectivity index (χ1) is 12.7. The molecule has 0 spiro atoms. The first-order valence-corrected chi connectivity index (χ1v) is 8.70. The maximum Gasteiger partial charge on any atom is 0.414 e. The normalized spacial score (nSPS) is 11.7. The van der Waals surface area contributed by atoms with Gasteiger partial charge in [0.25, 0.3) is 0 Å². The number of carboxylic acid groups (broad SMARTS) is 2. The van der Waals surface area contributed by atoms with E-state index in [0.717, 1.165) is 13.0 Å². The fourth-order valence-electron chi connectivity index (χ4n) is 2.75. The van der Waals surface area contributed by atoms with Gasteiger partial charge in [-0.05, 0) is 51.4 Å². The lowest BCUT2D eigenvalue weighted by Gasteiger charge is -2.15. The summed E-state index contributed by atoms with van der Waals surface area (Å²) in [4.78, 5) is 18.2. The van der Waals surface area contributed by atoms with Crippen LogP contribution in [0.3, 0.4) is 0 Å². The highest BCUT2D eigenvalue weighted by molar-refractivity contribution is 6.27. The Morgan fingerprint density at radius 3 is 2.33 bits per heavy atom. The number of carbonyl (C=O) groups is 2. The molecule has 0 radical (unpaired) electrons. The van der Waals surface area contributed by atoms with Crippen LogP contribution in [0.1, 0.15) is 23.2 Å². The maximum absolute atomic E-state index is 10.2. The smallest absolute Gasteiger partial charge is 0.414 e. The van der Waals surface area contributed by atoms with E-state index in [4.69, 9.17) is 24.9 Å². The average molecular weight is 380 g/mol. The predicted octanol–water partition coefficient (Wildman–Crippen LogP) is 1.06. The zero-order valence-electron chi connectivity index (χ0n) is 15.9. The summed E-state index contributed by atoms with van der Waals surface area (Å²) in [5, 5.41) is 38.2. The Morgan fingerprint density at radius 1 is 1.15 bits per heavy atom. The molecule has 0 amide bonds. The molecule has 27 heavy (non-hydrogen) atoms. The second-order valence-electron chi connectivity index (χ2n) is 6.39. The number of rotatable bonds is 7. The van der Waals surface area contributed by atoms with Crippen LogP contribution in [0.5, 0.6) is 0 Å². The van der Waals surface area contributed by atoms with Crippen molar-refractivity contribution in [3.8, 4) is 0 Å². The fraction of sp³-hybridized carbons (Fsp3) is 0.474. The summed E-state index contributed by atoms with van der Waals surface area (Å²) >= 11 is 0. The minimum atomic E-state index is -1.82. The molecule has 2 rings (SSSR count). The standard InChI is InChI=1S/C17H26N2O2.C2H2O4/c1-12-5-6-17-16(9-12)13(2)14(3)19(17)11-15(21)10-18-7-4-8-20;3-1(4)2(5)6/h5-6,9,15,18,20-21H,4,7-8,10-11H2,1-3H3;(H,3,4)(H,5,6). The summed E-state index contributed by atoms with van der Waals surface area (Å²) in [6.45, 7) is 8.40. The number of aromatic nitrogens is 1. The third-order valence-electron chi connectivity index (χ3n) is 4.26. The van der Waals surface area contributed by atoms with E-state index in [0.29, 0.717) is 13.1 Å². The first kappa shape index (κ1) is 22.6. The lowest BCUT2D eigenvalue weighted by Crippen LogP contribution is -2.31. The number of nitrogens with zero attached hydrogens (tertiary/aromatic N) is 1. The maximum atomic E-state index is 10.2. The van der Waals surface area contributed by atoms with Crippen LogP contribution in [0.2, 0.25) is 0 Å². The highest BCUT2D eigenvalue weighted by Gasteiger charge is 2.14. The number of aliphatic hydroxyl groups excluding tert-OH is 2. The van der Waals surface area contributed by atoms with Gasteiger partial charge in [0.1, 0.15) is 0 Å². The van der Waals surface area contributed by atoms with Gasteiger partial charge >= 0.3 is 11.9 Å². The van der Waals surface area contributed by atoms with Gasteiger partial charge in [0.05, 0.1) is 12.6 Å². The van der Waals surface area contributed by atoms with Crippen LogP contribution in [0.25, 0.3) is 10.9 Å². The highest BCUT2D eigenvalue weighted by atomic mass is 16.4. The van der Waals surface area contributed by atoms with E-state index in [-0.39, 0.29) is 6.61 Å². The average Bonchev–Trinajstić information content (AvgIpc) is 2.84. The zero-order valence-corrected chi connectivity index (χ0v) is 15.9. The van der Waals surface area contributed by atoms with Gasteiger partial charge in [-0.2, -0.15) is 0 Å². The molecular formula is C19H28N2O6. The molecule has 1 heterocycles. The third-order valence-corrected chi connectivity index (χ3v) is 4.26. The summed E-state index contributed by atoms with van der Waals surface area (Å²) in [6.07, 6.45) is 0.287. The van der Waals surface area contributed by atoms with Crippen molar-refractivity contribution in [3.05, 3.63) is 35.0 Å². The lowest BCUT2D eigenvalue weighted by molar-refractivity contribution is -0.159. The van der Waals surface area contributed by atoms with Crippen LogP contribution in [0.4, 0.5) is 0 Å². The monoisotopic (exact) mass is 380 g/mol. The second-order valence-corrected chi connectivity index (χ2v) is 6.39. The van der Waals surface area contributed by atoms with Gasteiger partial charge in [-0.1, -0.05) is 11.6 Å². The van der Waals surface area contributed by atoms with Crippen LogP contribution in [-0.2, 0) is 16.1 Å². The predicted molar refractivity (Wildman–Crippen MR) is 102 cm³/mol. The topological polar surface area (TPSA) is 132 Å². The molecule has 0 aliphatic rings. The van der Waals surface area contributed by atoms with E-state index >= 15 is 0 Å². The SMILES string of the molecule is Cc1ccc2c(c1)c(C)c(C)n2CC(O)CNCCCO.O=C(O)C(=O)O. The van der Waals surface area contributed by atoms with Crippen molar-refractivity contribution in [2.75, 3.05) is 19.7 Å². The van der Waals surface area contributed by atoms with Crippen LogP contribution in [0, 0.1) is 20.8 Å². The van der Waals surface area contributed by atoms with Crippen molar-refractivity contribution in [1.82, 2.24) is 9.88 Å².